The van der Waals surface area contributed by atoms with E-state index < -0.39 is 54.2 Å². The number of hydrogen-bond donors (Lipinski definition) is 0. The molecule has 2 aliphatic heterocycles. The molecule has 2 saturated heterocycles. The second kappa shape index (κ2) is 13.6. The largest absolute Gasteiger partial charge is 0.462 e. The van der Waals surface area contributed by atoms with Gasteiger partial charge in [-0.05, 0) is 57.5 Å². The molecule has 2 fully saturated rings. The Kier molecular flexibility index (Phi) is 9.95. The summed E-state index contributed by atoms with van der Waals surface area (Å²) in [5.74, 6) is -4.25. The van der Waals surface area contributed by atoms with E-state index >= 15 is 8.78 Å². The monoisotopic (exact) mass is 679 g/mol. The van der Waals surface area contributed by atoms with Crippen LogP contribution >= 0.6 is 11.6 Å². The van der Waals surface area contributed by atoms with Crippen molar-refractivity contribution in [3.05, 3.63) is 64.9 Å². The van der Waals surface area contributed by atoms with Crippen LogP contribution in [0, 0.1) is 0 Å². The zero-order valence-corrected chi connectivity index (χ0v) is 27.4. The smallest absolute Gasteiger partial charge is 0.410 e. The summed E-state index contributed by atoms with van der Waals surface area (Å²) in [6.07, 6.45) is -3.27. The number of aromatic nitrogens is 2. The predicted octanol–water partition coefficient (Wildman–Crippen LogP) is 7.46. The first-order valence-corrected chi connectivity index (χ1v) is 15.8. The summed E-state index contributed by atoms with van der Waals surface area (Å²) in [7, 11) is 0. The van der Waals surface area contributed by atoms with Crippen molar-refractivity contribution in [2.75, 3.05) is 55.7 Å². The molecule has 254 valence electrons. The van der Waals surface area contributed by atoms with E-state index in [0.29, 0.717) is 42.5 Å². The van der Waals surface area contributed by atoms with Gasteiger partial charge in [-0.2, -0.15) is 5.10 Å². The normalized spacial score (nSPS) is 18.4. The molecule has 1 aromatic heterocycles. The lowest BCUT2D eigenvalue weighted by Gasteiger charge is -2.40. The van der Waals surface area contributed by atoms with Crippen molar-refractivity contribution < 1.29 is 36.6 Å². The first-order chi connectivity index (χ1) is 22.2. The Morgan fingerprint density at radius 3 is 2.34 bits per heavy atom. The van der Waals surface area contributed by atoms with Gasteiger partial charge in [-0.3, -0.25) is 4.68 Å². The molecule has 3 heterocycles. The van der Waals surface area contributed by atoms with Crippen molar-refractivity contribution >= 4 is 35.0 Å². The molecule has 2 aliphatic rings. The van der Waals surface area contributed by atoms with Gasteiger partial charge in [0.2, 0.25) is 0 Å². The van der Waals surface area contributed by atoms with Gasteiger partial charge < -0.3 is 24.2 Å². The Bertz CT molecular complexity index is 1590. The van der Waals surface area contributed by atoms with Crippen LogP contribution in [0.3, 0.4) is 0 Å². The van der Waals surface area contributed by atoms with E-state index in [1.807, 2.05) is 45.0 Å². The van der Waals surface area contributed by atoms with Gasteiger partial charge in [0.25, 0.3) is 12.3 Å². The average Bonchev–Trinajstić information content (AvgIpc) is 3.46. The Morgan fingerprint density at radius 1 is 1.04 bits per heavy atom. The maximum atomic E-state index is 15.3. The summed E-state index contributed by atoms with van der Waals surface area (Å²) in [5, 5.41) is 4.28. The minimum Gasteiger partial charge on any atom is -0.462 e. The molecule has 47 heavy (non-hydrogen) atoms. The molecule has 0 saturated carbocycles. The number of piperazine rings is 1. The Labute approximate surface area is 276 Å². The fourth-order valence-electron chi connectivity index (χ4n) is 6.00. The highest BCUT2D eigenvalue weighted by atomic mass is 35.5. The molecule has 1 atom stereocenters. The highest BCUT2D eigenvalue weighted by Crippen LogP contribution is 2.42. The number of piperidine rings is 1. The number of esters is 1. The first-order valence-electron chi connectivity index (χ1n) is 15.4. The number of rotatable bonds is 7. The molecule has 1 amide bonds. The summed E-state index contributed by atoms with van der Waals surface area (Å²) in [4.78, 5) is 30.0. The molecule has 0 spiro atoms. The van der Waals surface area contributed by atoms with Gasteiger partial charge >= 0.3 is 12.1 Å². The lowest BCUT2D eigenvalue weighted by molar-refractivity contribution is -0.0298. The zero-order chi connectivity index (χ0) is 34.1. The third-order valence-electron chi connectivity index (χ3n) is 8.04. The van der Waals surface area contributed by atoms with E-state index in [1.54, 1.807) is 23.1 Å². The molecule has 1 unspecified atom stereocenters. The van der Waals surface area contributed by atoms with Crippen LogP contribution in [0.25, 0.3) is 11.1 Å². The summed E-state index contributed by atoms with van der Waals surface area (Å²) >= 11 is 6.35. The van der Waals surface area contributed by atoms with Crippen LogP contribution in [0.4, 0.5) is 33.7 Å². The maximum Gasteiger partial charge on any atom is 0.410 e. The van der Waals surface area contributed by atoms with E-state index in [0.717, 1.165) is 22.1 Å². The fraction of sp³-hybridized carbons (Fsp3) is 0.485. The molecular formula is C33H38ClF4N5O4. The number of halogens is 5. The number of hydrogen-bond acceptors (Lipinski definition) is 7. The van der Waals surface area contributed by atoms with E-state index in [2.05, 4.69) is 10.00 Å². The SMILES string of the molecule is CCOC(=O)c1cnn(C2CN(c3cc(Cl)ccc3-c3ccc(N4CCN(C(=O)OC(C)(C)C)CC4)cc3)CC(F)(F)C2)c1C(F)F. The maximum absolute atomic E-state index is 15.3. The van der Waals surface area contributed by atoms with Crippen LogP contribution in [0.5, 0.6) is 0 Å². The predicted molar refractivity (Wildman–Crippen MR) is 171 cm³/mol. The molecule has 2 aromatic carbocycles. The lowest BCUT2D eigenvalue weighted by Crippen LogP contribution is -2.50. The van der Waals surface area contributed by atoms with Crippen LogP contribution in [0.2, 0.25) is 5.02 Å². The van der Waals surface area contributed by atoms with Gasteiger partial charge in [0, 0.05) is 61.1 Å². The Hall–Kier alpha value is -4.00. The Morgan fingerprint density at radius 2 is 1.72 bits per heavy atom. The van der Waals surface area contributed by atoms with Crippen molar-refractivity contribution in [3.63, 3.8) is 0 Å². The number of amides is 1. The lowest BCUT2D eigenvalue weighted by atomic mass is 9.97. The van der Waals surface area contributed by atoms with Gasteiger partial charge in [0.1, 0.15) is 16.9 Å². The van der Waals surface area contributed by atoms with Crippen LogP contribution in [0.15, 0.2) is 48.7 Å². The standard InChI is InChI=1S/C33H38ClF4N5O4/c1-5-46-30(44)26-18-39-43(28(26)29(35)36)24-17-33(37,38)20-42(19-24)27-16-22(34)8-11-25(27)21-6-9-23(10-7-21)40-12-14-41(15-13-40)31(45)47-32(2,3)4/h6-11,16,18,24,29H,5,12-15,17,19-20H2,1-4H3. The summed E-state index contributed by atoms with van der Waals surface area (Å²) in [5.41, 5.74) is 0.961. The number of anilines is 2. The van der Waals surface area contributed by atoms with Crippen LogP contribution < -0.4 is 9.80 Å². The summed E-state index contributed by atoms with van der Waals surface area (Å²) in [6.45, 7) is 8.49. The number of carbonyl (C=O) groups is 2. The zero-order valence-electron chi connectivity index (χ0n) is 26.7. The minimum atomic E-state index is -3.26. The quantitative estimate of drug-likeness (QED) is 0.189. The van der Waals surface area contributed by atoms with Crippen molar-refractivity contribution in [2.24, 2.45) is 0 Å². The summed E-state index contributed by atoms with van der Waals surface area (Å²) < 4.78 is 70.2. The molecule has 9 nitrogen and oxygen atoms in total. The third kappa shape index (κ3) is 7.94. The molecule has 0 aliphatic carbocycles. The van der Waals surface area contributed by atoms with Crippen LogP contribution in [0.1, 0.15) is 62.6 Å². The summed E-state index contributed by atoms with van der Waals surface area (Å²) in [6, 6.07) is 11.5. The van der Waals surface area contributed by atoms with Gasteiger partial charge in [-0.1, -0.05) is 29.8 Å². The van der Waals surface area contributed by atoms with E-state index in [1.165, 1.54) is 11.8 Å². The fourth-order valence-corrected chi connectivity index (χ4v) is 6.17. The molecular weight excluding hydrogens is 642 g/mol. The van der Waals surface area contributed by atoms with Gasteiger partial charge in [0.05, 0.1) is 25.4 Å². The molecule has 3 aromatic rings. The third-order valence-corrected chi connectivity index (χ3v) is 8.28. The molecule has 0 bridgehead atoms. The molecule has 0 N–H and O–H groups in total. The van der Waals surface area contributed by atoms with Crippen LogP contribution in [-0.4, -0.2) is 84.1 Å². The number of nitrogens with zero attached hydrogens (tertiary/aromatic N) is 5. The second-order valence-corrected chi connectivity index (χ2v) is 13.1. The van der Waals surface area contributed by atoms with Crippen LogP contribution in [-0.2, 0) is 9.47 Å². The van der Waals surface area contributed by atoms with Gasteiger partial charge in [0.15, 0.2) is 0 Å². The average molecular weight is 680 g/mol. The molecule has 5 rings (SSSR count). The number of ether oxygens (including phenoxy) is 2. The van der Waals surface area contributed by atoms with Crippen molar-refractivity contribution in [2.45, 2.75) is 58.1 Å². The van der Waals surface area contributed by atoms with Crippen molar-refractivity contribution in [3.8, 4) is 11.1 Å². The van der Waals surface area contributed by atoms with Crippen molar-refractivity contribution in [1.82, 2.24) is 14.7 Å². The second-order valence-electron chi connectivity index (χ2n) is 12.7. The topological polar surface area (TPSA) is 80.1 Å². The highest BCUT2D eigenvalue weighted by Gasteiger charge is 2.44. The van der Waals surface area contributed by atoms with Crippen molar-refractivity contribution in [1.29, 1.82) is 0 Å². The van der Waals surface area contributed by atoms with E-state index in [4.69, 9.17) is 21.1 Å². The number of alkyl halides is 4. The van der Waals surface area contributed by atoms with Gasteiger partial charge in [-0.25, -0.2) is 27.2 Å². The number of carbonyl (C=O) groups excluding carboxylic acids is 2. The molecule has 0 radical (unpaired) electrons. The van der Waals surface area contributed by atoms with E-state index in [-0.39, 0.29) is 19.2 Å². The highest BCUT2D eigenvalue weighted by molar-refractivity contribution is 6.31. The minimum absolute atomic E-state index is 0.0365. The first kappa shape index (κ1) is 34.3. The van der Waals surface area contributed by atoms with Gasteiger partial charge in [-0.15, -0.1) is 0 Å². The Balaban J connectivity index is 1.38. The number of benzene rings is 2. The van der Waals surface area contributed by atoms with E-state index in [9.17, 15) is 18.4 Å². The molecule has 14 heteroatoms.